The lowest BCUT2D eigenvalue weighted by molar-refractivity contribution is 0.0996. The first-order valence-electron chi connectivity index (χ1n) is 10.4. The van der Waals surface area contributed by atoms with Gasteiger partial charge in [0.2, 0.25) is 5.95 Å². The number of nitrogens with two attached hydrogens (primary N) is 1. The number of rotatable bonds is 11. The molecule has 2 aromatic carbocycles. The number of anilines is 1. The van der Waals surface area contributed by atoms with Crippen LogP contribution in [-0.2, 0) is 12.0 Å². The highest BCUT2D eigenvalue weighted by Gasteiger charge is 2.27. The molecule has 3 N–H and O–H groups in total. The number of hydrogen-bond donors (Lipinski definition) is 2. The monoisotopic (exact) mass is 520 g/mol. The van der Waals surface area contributed by atoms with Crippen molar-refractivity contribution in [2.45, 2.75) is 25.9 Å². The molecule has 1 aromatic heterocycles. The van der Waals surface area contributed by atoms with Gasteiger partial charge < -0.3 is 15.2 Å². The molecule has 0 spiro atoms. The number of nitrogens with zero attached hydrogens (tertiary/aromatic N) is 2. The maximum atomic E-state index is 12.1. The topological polar surface area (TPSA) is 99.4 Å². The number of alkyl halides is 1. The Bertz CT molecular complexity index is 1140. The number of primary amides is 1. The molecule has 0 saturated heterocycles. The van der Waals surface area contributed by atoms with Gasteiger partial charge in [-0.3, -0.25) is 9.52 Å². The van der Waals surface area contributed by atoms with E-state index >= 15 is 0 Å². The predicted octanol–water partition coefficient (Wildman–Crippen LogP) is 5.44. The van der Waals surface area contributed by atoms with Crippen LogP contribution >= 0.6 is 35.1 Å². The molecule has 0 bridgehead atoms. The van der Waals surface area contributed by atoms with Crippen LogP contribution in [0.2, 0.25) is 5.02 Å². The fourth-order valence-corrected chi connectivity index (χ4v) is 3.97. The van der Waals surface area contributed by atoms with Crippen LogP contribution in [0.25, 0.3) is 0 Å². The van der Waals surface area contributed by atoms with Gasteiger partial charge in [-0.05, 0) is 41.5 Å². The highest BCUT2D eigenvalue weighted by atomic mass is 35.5. The van der Waals surface area contributed by atoms with Crippen molar-refractivity contribution < 1.29 is 14.3 Å². The summed E-state index contributed by atoms with van der Waals surface area (Å²) in [5.41, 5.74) is 7.95. The Balaban J connectivity index is 1.79. The van der Waals surface area contributed by atoms with Crippen molar-refractivity contribution in [1.29, 1.82) is 0 Å². The third kappa shape index (κ3) is 6.25. The summed E-state index contributed by atoms with van der Waals surface area (Å²) in [5, 5.41) is 0.310. The highest BCUT2D eigenvalue weighted by Crippen LogP contribution is 2.38. The molecule has 3 aromatic rings. The molecule has 180 valence electrons. The van der Waals surface area contributed by atoms with Gasteiger partial charge in [-0.2, -0.15) is 0 Å². The molecule has 1 heterocycles. The molecule has 0 atom stereocenters. The average molecular weight is 521 g/mol. The van der Waals surface area contributed by atoms with E-state index < -0.39 is 11.3 Å². The zero-order chi connectivity index (χ0) is 24.7. The Kier molecular flexibility index (Phi) is 8.88. The molecule has 0 aliphatic carbocycles. The number of aromatic nitrogens is 2. The van der Waals surface area contributed by atoms with Crippen LogP contribution in [-0.4, -0.2) is 34.6 Å². The normalized spacial score (nSPS) is 11.2. The van der Waals surface area contributed by atoms with Gasteiger partial charge in [0.05, 0.1) is 22.2 Å². The second-order valence-electron chi connectivity index (χ2n) is 7.85. The van der Waals surface area contributed by atoms with E-state index in [9.17, 15) is 4.79 Å². The van der Waals surface area contributed by atoms with Gasteiger partial charge >= 0.3 is 0 Å². The number of nitrogens with one attached hydrogen (secondary N) is 1. The van der Waals surface area contributed by atoms with Gasteiger partial charge in [0, 0.05) is 17.9 Å². The first kappa shape index (κ1) is 25.9. The first-order valence-corrected chi connectivity index (χ1v) is 12.6. The van der Waals surface area contributed by atoms with Crippen molar-refractivity contribution in [3.8, 4) is 11.5 Å². The molecule has 10 heteroatoms. The minimum absolute atomic E-state index is 0.218. The molecule has 0 fully saturated rings. The smallest absolute Gasteiger partial charge is 0.252 e. The summed E-state index contributed by atoms with van der Waals surface area (Å²) in [6, 6.07) is 13.1. The van der Waals surface area contributed by atoms with Gasteiger partial charge in [-0.1, -0.05) is 49.5 Å². The highest BCUT2D eigenvalue weighted by molar-refractivity contribution is 7.99. The van der Waals surface area contributed by atoms with E-state index in [-0.39, 0.29) is 23.8 Å². The average Bonchev–Trinajstić information content (AvgIpc) is 2.82. The maximum absolute atomic E-state index is 12.1. The summed E-state index contributed by atoms with van der Waals surface area (Å²) in [6.45, 7) is 4.62. The van der Waals surface area contributed by atoms with E-state index in [2.05, 4.69) is 14.7 Å². The molecule has 0 radical (unpaired) electrons. The number of carbonyl (C=O) groups excluding carboxylic acids is 1. The minimum atomic E-state index is -0.617. The summed E-state index contributed by atoms with van der Waals surface area (Å²) in [4.78, 5) is 20.6. The molecule has 7 nitrogen and oxygen atoms in total. The second-order valence-corrected chi connectivity index (χ2v) is 9.25. The van der Waals surface area contributed by atoms with Gasteiger partial charge in [0.15, 0.2) is 5.75 Å². The quantitative estimate of drug-likeness (QED) is 0.256. The molecule has 0 aliphatic heterocycles. The summed E-state index contributed by atoms with van der Waals surface area (Å²) in [6.07, 6.45) is 3.59. The zero-order valence-corrected chi connectivity index (χ0v) is 21.4. The lowest BCUT2D eigenvalue weighted by Crippen LogP contribution is -2.21. The van der Waals surface area contributed by atoms with Gasteiger partial charge in [0.25, 0.3) is 5.91 Å². The van der Waals surface area contributed by atoms with Crippen molar-refractivity contribution in [1.82, 2.24) is 9.97 Å². The van der Waals surface area contributed by atoms with Crippen LogP contribution in [0.4, 0.5) is 5.95 Å². The minimum Gasteiger partial charge on any atom is -0.490 e. The van der Waals surface area contributed by atoms with Crippen LogP contribution in [0, 0.1) is 0 Å². The van der Waals surface area contributed by atoms with E-state index in [1.807, 2.05) is 50.4 Å². The number of benzene rings is 2. The summed E-state index contributed by atoms with van der Waals surface area (Å²) in [5.74, 6) is 1.15. The van der Waals surface area contributed by atoms with E-state index in [4.69, 9.17) is 38.4 Å². The Morgan fingerprint density at radius 2 is 1.88 bits per heavy atom. The van der Waals surface area contributed by atoms with Gasteiger partial charge in [-0.25, -0.2) is 9.97 Å². The zero-order valence-electron chi connectivity index (χ0n) is 19.1. The molecule has 34 heavy (non-hydrogen) atoms. The molecule has 0 saturated carbocycles. The molecule has 0 unspecified atom stereocenters. The van der Waals surface area contributed by atoms with Crippen molar-refractivity contribution in [2.24, 2.45) is 5.73 Å². The van der Waals surface area contributed by atoms with Crippen molar-refractivity contribution >= 4 is 47.0 Å². The van der Waals surface area contributed by atoms with Crippen LogP contribution in [0.5, 0.6) is 11.5 Å². The van der Waals surface area contributed by atoms with Gasteiger partial charge in [0.1, 0.15) is 19.0 Å². The molecule has 0 aliphatic rings. The Morgan fingerprint density at radius 3 is 2.53 bits per heavy atom. The number of halogens is 2. The van der Waals surface area contributed by atoms with Crippen molar-refractivity contribution in [3.63, 3.8) is 0 Å². The van der Waals surface area contributed by atoms with Crippen molar-refractivity contribution in [2.75, 3.05) is 23.5 Å². The number of carbonyl (C=O) groups is 1. The SMILES string of the molecule is CSNc1nccc(COc2ccc(C(C)(C)c3cc(Cl)c(OCCCl)c(C(N)=O)c3)cc2)n1. The lowest BCUT2D eigenvalue weighted by Gasteiger charge is -2.27. The van der Waals surface area contributed by atoms with E-state index in [0.29, 0.717) is 23.3 Å². The summed E-state index contributed by atoms with van der Waals surface area (Å²) >= 11 is 13.6. The first-order chi connectivity index (χ1) is 16.3. The van der Waals surface area contributed by atoms with Crippen LogP contribution in [0.1, 0.15) is 41.0 Å². The third-order valence-corrected chi connectivity index (χ3v) is 6.05. The Morgan fingerprint density at radius 1 is 1.15 bits per heavy atom. The Labute approximate surface area is 213 Å². The standard InChI is InChI=1S/C24H26Cl2N4O3S/c1-24(2,16-12-19(22(27)31)21(20(26)13-16)32-11-9-25)15-4-6-18(7-5-15)33-14-17-8-10-28-23(29-17)30-34-3/h4-8,10,12-13H,9,11,14H2,1-3H3,(H2,27,31)(H,28,29,30). The van der Waals surface area contributed by atoms with Crippen molar-refractivity contribution in [3.05, 3.63) is 76.1 Å². The number of ether oxygens (including phenoxy) is 2. The van der Waals surface area contributed by atoms with E-state index in [1.54, 1.807) is 18.3 Å². The lowest BCUT2D eigenvalue weighted by atomic mass is 9.77. The van der Waals surface area contributed by atoms with E-state index in [0.717, 1.165) is 16.8 Å². The summed E-state index contributed by atoms with van der Waals surface area (Å²) < 4.78 is 14.4. The number of hydrogen-bond acceptors (Lipinski definition) is 7. The molecule has 3 rings (SSSR count). The molecular weight excluding hydrogens is 495 g/mol. The largest absolute Gasteiger partial charge is 0.490 e. The fraction of sp³-hybridized carbons (Fsp3) is 0.292. The van der Waals surface area contributed by atoms with Crippen LogP contribution < -0.4 is 19.9 Å². The predicted molar refractivity (Wildman–Crippen MR) is 138 cm³/mol. The molecular formula is C24H26Cl2N4O3S. The molecule has 1 amide bonds. The second kappa shape index (κ2) is 11.6. The van der Waals surface area contributed by atoms with E-state index in [1.165, 1.54) is 11.9 Å². The fourth-order valence-electron chi connectivity index (χ4n) is 3.33. The third-order valence-electron chi connectivity index (χ3n) is 5.22. The summed E-state index contributed by atoms with van der Waals surface area (Å²) in [7, 11) is 0. The van der Waals surface area contributed by atoms with Crippen LogP contribution in [0.15, 0.2) is 48.7 Å². The number of amides is 1. The van der Waals surface area contributed by atoms with Gasteiger partial charge in [-0.15, -0.1) is 11.6 Å². The maximum Gasteiger partial charge on any atom is 0.252 e. The van der Waals surface area contributed by atoms with Crippen LogP contribution in [0.3, 0.4) is 0 Å². The Hall–Kier alpha value is -2.68.